The van der Waals surface area contributed by atoms with Gasteiger partial charge in [-0.05, 0) is 48.9 Å². The number of nitrogens with one attached hydrogen (secondary N) is 1. The predicted octanol–water partition coefficient (Wildman–Crippen LogP) is 2.69. The van der Waals surface area contributed by atoms with Crippen molar-refractivity contribution in [2.24, 2.45) is 0 Å². The van der Waals surface area contributed by atoms with E-state index < -0.39 is 4.92 Å². The van der Waals surface area contributed by atoms with Crippen molar-refractivity contribution in [2.45, 2.75) is 37.5 Å². The Labute approximate surface area is 135 Å². The van der Waals surface area contributed by atoms with Crippen LogP contribution in [-0.2, 0) is 0 Å². The Hall–Kier alpha value is -1.34. The van der Waals surface area contributed by atoms with Crippen molar-refractivity contribution in [2.75, 3.05) is 30.8 Å². The molecule has 22 heavy (non-hydrogen) atoms. The van der Waals surface area contributed by atoms with Crippen molar-refractivity contribution < 1.29 is 4.92 Å². The van der Waals surface area contributed by atoms with Crippen molar-refractivity contribution in [1.82, 2.24) is 10.3 Å². The van der Waals surface area contributed by atoms with E-state index in [0.717, 1.165) is 38.2 Å². The summed E-state index contributed by atoms with van der Waals surface area (Å²) in [4.78, 5) is 16.3. The quantitative estimate of drug-likeness (QED) is 0.641. The monoisotopic (exact) mass is 324 g/mol. The number of hydrogen-bond acceptors (Lipinski definition) is 6. The number of piperidine rings is 1. The molecule has 1 fully saturated rings. The summed E-state index contributed by atoms with van der Waals surface area (Å²) in [6.07, 6.45) is 5.91. The summed E-state index contributed by atoms with van der Waals surface area (Å²) >= 11 is 1.88. The van der Waals surface area contributed by atoms with E-state index in [0.29, 0.717) is 6.04 Å². The third-order valence-electron chi connectivity index (χ3n) is 4.15. The van der Waals surface area contributed by atoms with Crippen molar-refractivity contribution >= 4 is 23.3 Å². The molecule has 0 spiro atoms. The summed E-state index contributed by atoms with van der Waals surface area (Å²) in [6, 6.07) is 3.81. The molecule has 0 radical (unpaired) electrons. The van der Waals surface area contributed by atoms with Gasteiger partial charge < -0.3 is 20.3 Å². The van der Waals surface area contributed by atoms with Crippen LogP contribution in [0.4, 0.5) is 11.5 Å². The molecular formula is C15H24N4O2S. The fraction of sp³-hybridized carbons (Fsp3) is 0.667. The van der Waals surface area contributed by atoms with E-state index in [4.69, 9.17) is 0 Å². The third kappa shape index (κ3) is 4.58. The first kappa shape index (κ1) is 17.0. The lowest BCUT2D eigenvalue weighted by atomic mass is 10.0. The van der Waals surface area contributed by atoms with Crippen LogP contribution in [0, 0.1) is 10.1 Å². The molecule has 0 aliphatic carbocycles. The van der Waals surface area contributed by atoms with Crippen molar-refractivity contribution in [3.8, 4) is 0 Å². The van der Waals surface area contributed by atoms with Crippen LogP contribution < -0.4 is 10.2 Å². The van der Waals surface area contributed by atoms with Crippen molar-refractivity contribution in [3.05, 3.63) is 28.4 Å². The van der Waals surface area contributed by atoms with Crippen LogP contribution in [-0.4, -0.2) is 46.6 Å². The Bertz CT molecular complexity index is 499. The highest BCUT2D eigenvalue weighted by Crippen LogP contribution is 2.23. The molecule has 7 heteroatoms. The van der Waals surface area contributed by atoms with E-state index in [1.807, 2.05) is 11.8 Å². The lowest BCUT2D eigenvalue weighted by Gasteiger charge is -2.35. The fourth-order valence-electron chi connectivity index (χ4n) is 2.48. The van der Waals surface area contributed by atoms with E-state index >= 15 is 0 Å². The number of nitro groups is 1. The van der Waals surface area contributed by atoms with Gasteiger partial charge in [-0.3, -0.25) is 0 Å². The first-order valence-electron chi connectivity index (χ1n) is 7.55. The first-order valence-corrected chi connectivity index (χ1v) is 8.78. The largest absolute Gasteiger partial charge is 0.368 e. The molecule has 0 amide bonds. The van der Waals surface area contributed by atoms with Crippen molar-refractivity contribution in [3.63, 3.8) is 0 Å². The average Bonchev–Trinajstić information content (AvgIpc) is 2.54. The van der Waals surface area contributed by atoms with Crippen LogP contribution in [0.15, 0.2) is 18.3 Å². The number of nitrogens with zero attached hydrogens (tertiary/aromatic N) is 3. The van der Waals surface area contributed by atoms with Gasteiger partial charge >= 0.3 is 5.82 Å². The van der Waals surface area contributed by atoms with E-state index in [-0.39, 0.29) is 10.6 Å². The van der Waals surface area contributed by atoms with Gasteiger partial charge in [-0.15, -0.1) is 0 Å². The molecular weight excluding hydrogens is 300 g/mol. The first-order chi connectivity index (χ1) is 10.4. The minimum Gasteiger partial charge on any atom is -0.368 e. The van der Waals surface area contributed by atoms with Gasteiger partial charge in [-0.1, -0.05) is 0 Å². The van der Waals surface area contributed by atoms with Gasteiger partial charge in [0, 0.05) is 36.5 Å². The van der Waals surface area contributed by atoms with Crippen LogP contribution in [0.5, 0.6) is 0 Å². The zero-order valence-electron chi connectivity index (χ0n) is 13.4. The van der Waals surface area contributed by atoms with Crippen LogP contribution in [0.1, 0.15) is 26.7 Å². The lowest BCUT2D eigenvalue weighted by Crippen LogP contribution is -2.46. The highest BCUT2D eigenvalue weighted by Gasteiger charge is 2.23. The second kappa shape index (κ2) is 7.28. The van der Waals surface area contributed by atoms with E-state index in [1.165, 1.54) is 6.07 Å². The topological polar surface area (TPSA) is 71.3 Å². The molecule has 1 N–H and O–H groups in total. The van der Waals surface area contributed by atoms with Gasteiger partial charge in [0.15, 0.2) is 6.20 Å². The maximum atomic E-state index is 10.6. The number of rotatable bonds is 6. The Kier molecular flexibility index (Phi) is 5.63. The SMILES string of the molecule is CSC(C)(C)CNC1CCN(c2ccc([N+](=O)[O-])nc2)CC1. The van der Waals surface area contributed by atoms with Gasteiger partial charge in [-0.2, -0.15) is 11.8 Å². The summed E-state index contributed by atoms with van der Waals surface area (Å²) in [5.74, 6) is -0.0976. The molecule has 2 heterocycles. The highest BCUT2D eigenvalue weighted by atomic mass is 32.2. The summed E-state index contributed by atoms with van der Waals surface area (Å²) in [6.45, 7) is 7.43. The molecule has 1 aliphatic rings. The zero-order valence-corrected chi connectivity index (χ0v) is 14.2. The van der Waals surface area contributed by atoms with Gasteiger partial charge in [0.1, 0.15) is 0 Å². The second-order valence-electron chi connectivity index (χ2n) is 6.24. The summed E-state index contributed by atoms with van der Waals surface area (Å²) in [5.41, 5.74) is 0.966. The van der Waals surface area contributed by atoms with E-state index in [9.17, 15) is 10.1 Å². The minimum absolute atomic E-state index is 0.0976. The third-order valence-corrected chi connectivity index (χ3v) is 5.40. The Morgan fingerprint density at radius 3 is 2.64 bits per heavy atom. The lowest BCUT2D eigenvalue weighted by molar-refractivity contribution is -0.389. The molecule has 0 saturated carbocycles. The number of pyridine rings is 1. The van der Waals surface area contributed by atoms with E-state index in [2.05, 4.69) is 35.3 Å². The maximum Gasteiger partial charge on any atom is 0.363 e. The van der Waals surface area contributed by atoms with Gasteiger partial charge in [0.2, 0.25) is 0 Å². The highest BCUT2D eigenvalue weighted by molar-refractivity contribution is 7.99. The van der Waals surface area contributed by atoms with Gasteiger partial charge in [0.05, 0.1) is 5.69 Å². The van der Waals surface area contributed by atoms with Crippen LogP contribution in [0.2, 0.25) is 0 Å². The number of hydrogen-bond donors (Lipinski definition) is 1. The molecule has 0 unspecified atom stereocenters. The van der Waals surface area contributed by atoms with Gasteiger partial charge in [0.25, 0.3) is 0 Å². The summed E-state index contributed by atoms with van der Waals surface area (Å²) < 4.78 is 0.263. The molecule has 6 nitrogen and oxygen atoms in total. The smallest absolute Gasteiger partial charge is 0.363 e. The molecule has 1 aromatic rings. The molecule has 2 rings (SSSR count). The van der Waals surface area contributed by atoms with E-state index in [1.54, 1.807) is 12.3 Å². The normalized spacial score (nSPS) is 16.8. The van der Waals surface area contributed by atoms with Crippen LogP contribution >= 0.6 is 11.8 Å². The number of anilines is 1. The zero-order chi connectivity index (χ0) is 16.2. The Morgan fingerprint density at radius 1 is 1.45 bits per heavy atom. The summed E-state index contributed by atoms with van der Waals surface area (Å²) in [7, 11) is 0. The van der Waals surface area contributed by atoms with Crippen molar-refractivity contribution in [1.29, 1.82) is 0 Å². The molecule has 1 saturated heterocycles. The van der Waals surface area contributed by atoms with Gasteiger partial charge in [-0.25, -0.2) is 0 Å². The Balaban J connectivity index is 1.83. The minimum atomic E-state index is -0.465. The number of aromatic nitrogens is 1. The predicted molar refractivity (Wildman–Crippen MR) is 91.7 cm³/mol. The van der Waals surface area contributed by atoms with Crippen LogP contribution in [0.25, 0.3) is 0 Å². The Morgan fingerprint density at radius 2 is 2.14 bits per heavy atom. The second-order valence-corrected chi connectivity index (χ2v) is 7.75. The number of thioether (sulfide) groups is 1. The van der Waals surface area contributed by atoms with Crippen LogP contribution in [0.3, 0.4) is 0 Å². The fourth-order valence-corrected chi connectivity index (χ4v) is 2.71. The molecule has 122 valence electrons. The average molecular weight is 324 g/mol. The maximum absolute atomic E-state index is 10.6. The molecule has 1 aromatic heterocycles. The molecule has 0 bridgehead atoms. The summed E-state index contributed by atoms with van der Waals surface area (Å²) in [5, 5.41) is 14.3. The standard InChI is InChI=1S/C15H24N4O2S/c1-15(2,22-3)11-17-12-6-8-18(9-7-12)13-4-5-14(16-10-13)19(20)21/h4-5,10,12,17H,6-9,11H2,1-3H3. The molecule has 0 atom stereocenters. The molecule has 1 aliphatic heterocycles. The molecule has 0 aromatic carbocycles.